The average Bonchev–Trinajstić information content (AvgIpc) is 3.57. The Labute approximate surface area is 299 Å². The van der Waals surface area contributed by atoms with Gasteiger partial charge in [-0.15, -0.1) is 0 Å². The SMILES string of the molecule is CCCCCCCCCCCCCCSCCOC(=O)CCN(CCCCCCCCOC(=O)CC12CC(C1)C2)CCCN1C=CNC1. The molecule has 0 atom stereocenters. The van der Waals surface area contributed by atoms with Crippen molar-refractivity contribution in [2.75, 3.05) is 57.6 Å². The van der Waals surface area contributed by atoms with Crippen LogP contribution in [0.25, 0.3) is 0 Å². The number of hydrogen-bond donors (Lipinski definition) is 1. The first-order valence-corrected chi connectivity index (χ1v) is 21.5. The number of esters is 2. The molecule has 7 nitrogen and oxygen atoms in total. The molecule has 3 aliphatic carbocycles. The zero-order valence-electron chi connectivity index (χ0n) is 31.0. The molecule has 8 heteroatoms. The lowest BCUT2D eigenvalue weighted by atomic mass is 9.43. The number of carbonyl (C=O) groups excluding carboxylic acids is 2. The molecule has 3 saturated carbocycles. The Morgan fingerprint density at radius 3 is 1.96 bits per heavy atom. The molecular weight excluding hydrogens is 619 g/mol. The Kier molecular flexibility index (Phi) is 22.6. The monoisotopic (exact) mass is 692 g/mol. The van der Waals surface area contributed by atoms with Crippen LogP contribution in [0.1, 0.15) is 161 Å². The first kappa shape index (κ1) is 41.0. The first-order valence-electron chi connectivity index (χ1n) is 20.3. The number of thioether (sulfide) groups is 1. The second-order valence-corrected chi connectivity index (χ2v) is 16.4. The number of nitrogens with one attached hydrogen (secondary N) is 1. The highest BCUT2D eigenvalue weighted by Gasteiger charge is 2.57. The van der Waals surface area contributed by atoms with E-state index in [0.29, 0.717) is 31.5 Å². The summed E-state index contributed by atoms with van der Waals surface area (Å²) in [5, 5.41) is 3.24. The lowest BCUT2D eigenvalue weighted by Crippen LogP contribution is -2.52. The highest BCUT2D eigenvalue weighted by Crippen LogP contribution is 2.66. The molecule has 1 N–H and O–H groups in total. The molecule has 1 aliphatic heterocycles. The summed E-state index contributed by atoms with van der Waals surface area (Å²) in [6, 6.07) is 0. The van der Waals surface area contributed by atoms with Crippen molar-refractivity contribution in [2.24, 2.45) is 11.3 Å². The summed E-state index contributed by atoms with van der Waals surface area (Å²) in [6.45, 7) is 8.17. The summed E-state index contributed by atoms with van der Waals surface area (Å²) in [7, 11) is 0. The lowest BCUT2D eigenvalue weighted by Gasteiger charge is -2.61. The summed E-state index contributed by atoms with van der Waals surface area (Å²) in [5.41, 5.74) is 0.350. The van der Waals surface area contributed by atoms with Crippen LogP contribution >= 0.6 is 11.8 Å². The summed E-state index contributed by atoms with van der Waals surface area (Å²) in [5.74, 6) is 2.98. The minimum Gasteiger partial charge on any atom is -0.466 e. The molecule has 1 heterocycles. The predicted octanol–water partition coefficient (Wildman–Crippen LogP) is 9.45. The quantitative estimate of drug-likeness (QED) is 0.0529. The van der Waals surface area contributed by atoms with Gasteiger partial charge in [0.2, 0.25) is 0 Å². The van der Waals surface area contributed by atoms with E-state index in [4.69, 9.17) is 9.47 Å². The Hall–Kier alpha value is -1.41. The Morgan fingerprint density at radius 2 is 1.33 bits per heavy atom. The van der Waals surface area contributed by atoms with E-state index in [0.717, 1.165) is 70.2 Å². The van der Waals surface area contributed by atoms with Crippen molar-refractivity contribution >= 4 is 23.7 Å². The molecule has 48 heavy (non-hydrogen) atoms. The van der Waals surface area contributed by atoms with Crippen LogP contribution in [0.2, 0.25) is 0 Å². The van der Waals surface area contributed by atoms with Gasteiger partial charge < -0.3 is 24.6 Å². The van der Waals surface area contributed by atoms with Crippen molar-refractivity contribution in [3.63, 3.8) is 0 Å². The second kappa shape index (κ2) is 26.4. The first-order chi connectivity index (χ1) is 23.6. The van der Waals surface area contributed by atoms with E-state index in [2.05, 4.69) is 28.2 Å². The van der Waals surface area contributed by atoms with E-state index in [1.54, 1.807) is 0 Å². The summed E-state index contributed by atoms with van der Waals surface area (Å²) in [6.07, 6.45) is 33.7. The van der Waals surface area contributed by atoms with Gasteiger partial charge in [-0.3, -0.25) is 9.59 Å². The van der Waals surface area contributed by atoms with Gasteiger partial charge in [-0.2, -0.15) is 11.8 Å². The van der Waals surface area contributed by atoms with Gasteiger partial charge in [-0.25, -0.2) is 0 Å². The minimum atomic E-state index is -0.0532. The van der Waals surface area contributed by atoms with Crippen molar-refractivity contribution in [2.45, 2.75) is 161 Å². The van der Waals surface area contributed by atoms with Crippen molar-refractivity contribution in [3.05, 3.63) is 12.4 Å². The molecule has 4 aliphatic rings. The fourth-order valence-corrected chi connectivity index (χ4v) is 8.43. The van der Waals surface area contributed by atoms with Crippen LogP contribution in [0.15, 0.2) is 12.4 Å². The highest BCUT2D eigenvalue weighted by atomic mass is 32.2. The Bertz CT molecular complexity index is 854. The molecule has 0 saturated heterocycles. The van der Waals surface area contributed by atoms with Crippen molar-refractivity contribution in [1.82, 2.24) is 15.1 Å². The van der Waals surface area contributed by atoms with Crippen LogP contribution in [0, 0.1) is 11.3 Å². The van der Waals surface area contributed by atoms with Crippen LogP contribution in [-0.4, -0.2) is 79.3 Å². The van der Waals surface area contributed by atoms with Crippen LogP contribution in [0.5, 0.6) is 0 Å². The lowest BCUT2D eigenvalue weighted by molar-refractivity contribution is -0.164. The van der Waals surface area contributed by atoms with Crippen LogP contribution in [0.3, 0.4) is 0 Å². The normalized spacial score (nSPS) is 19.3. The number of rotatable bonds is 34. The number of unbranched alkanes of at least 4 members (excludes halogenated alkanes) is 16. The van der Waals surface area contributed by atoms with Gasteiger partial charge in [0.25, 0.3) is 0 Å². The van der Waals surface area contributed by atoms with Crippen molar-refractivity contribution in [3.8, 4) is 0 Å². The van der Waals surface area contributed by atoms with Crippen LogP contribution in [0.4, 0.5) is 0 Å². The topological polar surface area (TPSA) is 71.1 Å². The zero-order chi connectivity index (χ0) is 34.0. The minimum absolute atomic E-state index is 0.0260. The molecular formula is C40H73N3O4S. The fourth-order valence-electron chi connectivity index (χ4n) is 7.61. The van der Waals surface area contributed by atoms with E-state index < -0.39 is 0 Å². The maximum absolute atomic E-state index is 12.5. The maximum Gasteiger partial charge on any atom is 0.307 e. The van der Waals surface area contributed by atoms with E-state index >= 15 is 0 Å². The summed E-state index contributed by atoms with van der Waals surface area (Å²) < 4.78 is 11.1. The van der Waals surface area contributed by atoms with Crippen molar-refractivity contribution in [1.29, 1.82) is 0 Å². The number of ether oxygens (including phenoxy) is 2. The molecule has 0 spiro atoms. The highest BCUT2D eigenvalue weighted by molar-refractivity contribution is 7.99. The Balaban J connectivity index is 1.11. The molecule has 0 aromatic carbocycles. The molecule has 0 radical (unpaired) electrons. The molecule has 3 fully saturated rings. The maximum atomic E-state index is 12.5. The van der Waals surface area contributed by atoms with E-state index in [1.807, 2.05) is 18.0 Å². The largest absolute Gasteiger partial charge is 0.466 e. The summed E-state index contributed by atoms with van der Waals surface area (Å²) in [4.78, 5) is 29.3. The van der Waals surface area contributed by atoms with Gasteiger partial charge in [0.15, 0.2) is 0 Å². The molecule has 0 aromatic heterocycles. The van der Waals surface area contributed by atoms with Gasteiger partial charge in [0.1, 0.15) is 6.61 Å². The molecule has 4 rings (SSSR count). The number of carbonyl (C=O) groups is 2. The number of nitrogens with zero attached hydrogens (tertiary/aromatic N) is 2. The van der Waals surface area contributed by atoms with E-state index in [1.165, 1.54) is 121 Å². The van der Waals surface area contributed by atoms with Gasteiger partial charge in [0, 0.05) is 31.2 Å². The van der Waals surface area contributed by atoms with Crippen LogP contribution in [-0.2, 0) is 19.1 Å². The Morgan fingerprint density at radius 1 is 0.729 bits per heavy atom. The molecule has 2 bridgehead atoms. The smallest absolute Gasteiger partial charge is 0.307 e. The predicted molar refractivity (Wildman–Crippen MR) is 202 cm³/mol. The summed E-state index contributed by atoms with van der Waals surface area (Å²) >= 11 is 1.93. The van der Waals surface area contributed by atoms with Gasteiger partial charge in [0.05, 0.1) is 26.1 Å². The third kappa shape index (κ3) is 19.1. The average molecular weight is 692 g/mol. The molecule has 0 unspecified atom stereocenters. The molecule has 0 amide bonds. The van der Waals surface area contributed by atoms with Crippen molar-refractivity contribution < 1.29 is 19.1 Å². The number of hydrogen-bond acceptors (Lipinski definition) is 8. The van der Waals surface area contributed by atoms with Gasteiger partial charge in [-0.05, 0) is 75.1 Å². The van der Waals surface area contributed by atoms with Gasteiger partial charge >= 0.3 is 11.9 Å². The standard InChI is InChI=1S/C40H73N3O4S/c1-2-3-4-5-6-7-8-9-10-13-16-19-30-48-31-29-47-38(44)21-26-42(24-20-25-43-27-22-41-36-43)23-17-14-11-12-15-18-28-46-39(45)35-40-32-37(33-40)34-40/h22,27,37,41H,2-21,23-26,28-36H2,1H3. The van der Waals surface area contributed by atoms with E-state index in [9.17, 15) is 9.59 Å². The molecule has 278 valence electrons. The van der Waals surface area contributed by atoms with E-state index in [-0.39, 0.29) is 11.9 Å². The third-order valence-electron chi connectivity index (χ3n) is 10.7. The van der Waals surface area contributed by atoms with Gasteiger partial charge in [-0.1, -0.05) is 103 Å². The zero-order valence-corrected chi connectivity index (χ0v) is 31.8. The third-order valence-corrected chi connectivity index (χ3v) is 11.7. The van der Waals surface area contributed by atoms with Crippen LogP contribution < -0.4 is 5.32 Å². The molecule has 0 aromatic rings. The fraction of sp³-hybridized carbons (Fsp3) is 0.900. The second-order valence-electron chi connectivity index (χ2n) is 15.2.